The summed E-state index contributed by atoms with van der Waals surface area (Å²) in [7, 11) is 0. The summed E-state index contributed by atoms with van der Waals surface area (Å²) in [6.45, 7) is 2.11. The number of nitrogens with zero attached hydrogens (tertiary/aromatic N) is 1. The topological polar surface area (TPSA) is 49.4 Å². The number of amides is 2. The molecule has 2 amide bonds. The molecule has 0 spiro atoms. The Balaban J connectivity index is 1.74. The van der Waals surface area contributed by atoms with Crippen molar-refractivity contribution < 1.29 is 9.59 Å². The van der Waals surface area contributed by atoms with Gasteiger partial charge in [-0.3, -0.25) is 9.59 Å². The van der Waals surface area contributed by atoms with Crippen molar-refractivity contribution in [1.29, 1.82) is 0 Å². The van der Waals surface area contributed by atoms with Crippen molar-refractivity contribution in [2.45, 2.75) is 32.1 Å². The second-order valence-corrected chi connectivity index (χ2v) is 6.22. The zero-order valence-corrected chi connectivity index (χ0v) is 13.7. The van der Waals surface area contributed by atoms with Crippen LogP contribution in [0.5, 0.6) is 0 Å². The molecule has 1 N–H and O–H groups in total. The molecule has 0 atom stereocenters. The predicted molar refractivity (Wildman–Crippen MR) is 86.1 cm³/mol. The van der Waals surface area contributed by atoms with E-state index in [1.807, 2.05) is 17.0 Å². The van der Waals surface area contributed by atoms with Crippen molar-refractivity contribution in [2.24, 2.45) is 0 Å². The van der Waals surface area contributed by atoms with Gasteiger partial charge in [-0.15, -0.1) is 0 Å². The Morgan fingerprint density at radius 1 is 1.05 bits per heavy atom. The summed E-state index contributed by atoms with van der Waals surface area (Å²) in [5.41, 5.74) is 0.612. The number of benzene rings is 1. The van der Waals surface area contributed by atoms with Crippen LogP contribution < -0.4 is 5.32 Å². The maximum absolute atomic E-state index is 12.1. The van der Waals surface area contributed by atoms with E-state index in [0.717, 1.165) is 30.4 Å². The van der Waals surface area contributed by atoms with Gasteiger partial charge in [-0.2, -0.15) is 0 Å². The van der Waals surface area contributed by atoms with Crippen LogP contribution in [-0.2, 0) is 4.79 Å². The highest BCUT2D eigenvalue weighted by Gasteiger charge is 2.15. The first-order chi connectivity index (χ1) is 10.2. The minimum Gasteiger partial charge on any atom is -0.352 e. The third-order valence-electron chi connectivity index (χ3n) is 3.69. The summed E-state index contributed by atoms with van der Waals surface area (Å²) >= 11 is 3.33. The van der Waals surface area contributed by atoms with Crippen LogP contribution in [0.3, 0.4) is 0 Å². The van der Waals surface area contributed by atoms with Gasteiger partial charge in [0.15, 0.2) is 0 Å². The van der Waals surface area contributed by atoms with Crippen molar-refractivity contribution in [1.82, 2.24) is 10.2 Å². The molecule has 0 aromatic heterocycles. The minimum atomic E-state index is -0.133. The zero-order valence-electron chi connectivity index (χ0n) is 12.1. The number of nitrogens with one attached hydrogen (secondary N) is 1. The molecule has 114 valence electrons. The molecule has 0 radical (unpaired) electrons. The van der Waals surface area contributed by atoms with E-state index in [2.05, 4.69) is 21.2 Å². The second-order valence-electron chi connectivity index (χ2n) is 5.31. The lowest BCUT2D eigenvalue weighted by atomic mass is 10.2. The quantitative estimate of drug-likeness (QED) is 0.905. The number of likely N-dealkylation sites (tertiary alicyclic amines) is 1. The van der Waals surface area contributed by atoms with E-state index >= 15 is 0 Å². The lowest BCUT2D eigenvalue weighted by molar-refractivity contribution is -0.131. The fourth-order valence-electron chi connectivity index (χ4n) is 2.46. The van der Waals surface area contributed by atoms with Crippen molar-refractivity contribution in [3.8, 4) is 0 Å². The molecular formula is C16H21BrN2O2. The molecule has 4 nitrogen and oxygen atoms in total. The van der Waals surface area contributed by atoms with Gasteiger partial charge in [0.05, 0.1) is 0 Å². The summed E-state index contributed by atoms with van der Waals surface area (Å²) in [5, 5.41) is 2.80. The molecule has 21 heavy (non-hydrogen) atoms. The molecule has 1 saturated heterocycles. The van der Waals surface area contributed by atoms with Crippen LogP contribution in [0.25, 0.3) is 0 Å². The van der Waals surface area contributed by atoms with Crippen molar-refractivity contribution in [2.75, 3.05) is 19.6 Å². The molecule has 1 heterocycles. The fourth-order valence-corrected chi connectivity index (χ4v) is 2.73. The zero-order chi connectivity index (χ0) is 15.1. The molecule has 1 aliphatic rings. The fraction of sp³-hybridized carbons (Fsp3) is 0.500. The van der Waals surface area contributed by atoms with Crippen LogP contribution in [-0.4, -0.2) is 36.3 Å². The molecule has 1 fully saturated rings. The Labute approximate surface area is 134 Å². The smallest absolute Gasteiger partial charge is 0.251 e. The molecule has 0 saturated carbocycles. The van der Waals surface area contributed by atoms with E-state index < -0.39 is 0 Å². The SMILES string of the molecule is O=C(NCCC(=O)N1CCCCCC1)c1ccc(Br)cc1. The van der Waals surface area contributed by atoms with Crippen molar-refractivity contribution in [3.05, 3.63) is 34.3 Å². The van der Waals surface area contributed by atoms with E-state index in [9.17, 15) is 9.59 Å². The highest BCUT2D eigenvalue weighted by molar-refractivity contribution is 9.10. The summed E-state index contributed by atoms with van der Waals surface area (Å²) in [5.74, 6) is 0.0131. The van der Waals surface area contributed by atoms with Gasteiger partial charge in [0.2, 0.25) is 5.91 Å². The average molecular weight is 353 g/mol. The van der Waals surface area contributed by atoms with Gasteiger partial charge in [0.25, 0.3) is 5.91 Å². The van der Waals surface area contributed by atoms with Crippen LogP contribution >= 0.6 is 15.9 Å². The number of halogens is 1. The standard InChI is InChI=1S/C16H21BrN2O2/c17-14-7-5-13(6-8-14)16(21)18-10-9-15(20)19-11-3-1-2-4-12-19/h5-8H,1-4,9-12H2,(H,18,21). The van der Waals surface area contributed by atoms with E-state index in [0.29, 0.717) is 18.5 Å². The number of hydrogen-bond acceptors (Lipinski definition) is 2. The average Bonchev–Trinajstić information content (AvgIpc) is 2.77. The highest BCUT2D eigenvalue weighted by atomic mass is 79.9. The molecule has 1 aromatic carbocycles. The molecule has 5 heteroatoms. The summed E-state index contributed by atoms with van der Waals surface area (Å²) in [6, 6.07) is 7.18. The maximum Gasteiger partial charge on any atom is 0.251 e. The van der Waals surface area contributed by atoms with E-state index in [-0.39, 0.29) is 11.8 Å². The molecular weight excluding hydrogens is 332 g/mol. The van der Waals surface area contributed by atoms with Crippen LogP contribution in [0.4, 0.5) is 0 Å². The van der Waals surface area contributed by atoms with Crippen LogP contribution in [0.1, 0.15) is 42.5 Å². The number of rotatable bonds is 4. The lowest BCUT2D eigenvalue weighted by Gasteiger charge is -2.20. The van der Waals surface area contributed by atoms with Gasteiger partial charge in [-0.1, -0.05) is 28.8 Å². The van der Waals surface area contributed by atoms with Crippen LogP contribution in [0, 0.1) is 0 Å². The van der Waals surface area contributed by atoms with Crippen molar-refractivity contribution >= 4 is 27.7 Å². The largest absolute Gasteiger partial charge is 0.352 e. The summed E-state index contributed by atoms with van der Waals surface area (Å²) in [6.07, 6.45) is 4.99. The van der Waals surface area contributed by atoms with E-state index in [1.165, 1.54) is 12.8 Å². The molecule has 1 aromatic rings. The molecule has 1 aliphatic heterocycles. The lowest BCUT2D eigenvalue weighted by Crippen LogP contribution is -2.35. The van der Waals surface area contributed by atoms with Gasteiger partial charge < -0.3 is 10.2 Å². The summed E-state index contributed by atoms with van der Waals surface area (Å²) < 4.78 is 0.940. The van der Waals surface area contributed by atoms with Crippen molar-refractivity contribution in [3.63, 3.8) is 0 Å². The third-order valence-corrected chi connectivity index (χ3v) is 4.22. The van der Waals surface area contributed by atoms with Gasteiger partial charge in [0.1, 0.15) is 0 Å². The number of hydrogen-bond donors (Lipinski definition) is 1. The monoisotopic (exact) mass is 352 g/mol. The Morgan fingerprint density at radius 3 is 2.29 bits per heavy atom. The van der Waals surface area contributed by atoms with E-state index in [4.69, 9.17) is 0 Å². The first-order valence-corrected chi connectivity index (χ1v) is 8.27. The Hall–Kier alpha value is -1.36. The van der Waals surface area contributed by atoms with Crippen LogP contribution in [0.2, 0.25) is 0 Å². The summed E-state index contributed by atoms with van der Waals surface area (Å²) in [4.78, 5) is 25.9. The maximum atomic E-state index is 12.1. The Morgan fingerprint density at radius 2 is 1.67 bits per heavy atom. The van der Waals surface area contributed by atoms with Crippen LogP contribution in [0.15, 0.2) is 28.7 Å². The van der Waals surface area contributed by atoms with Gasteiger partial charge in [0, 0.05) is 36.1 Å². The van der Waals surface area contributed by atoms with Gasteiger partial charge in [-0.25, -0.2) is 0 Å². The van der Waals surface area contributed by atoms with Gasteiger partial charge >= 0.3 is 0 Å². The van der Waals surface area contributed by atoms with E-state index in [1.54, 1.807) is 12.1 Å². The Bertz CT molecular complexity index is 480. The third kappa shape index (κ3) is 5.16. The van der Waals surface area contributed by atoms with Gasteiger partial charge in [-0.05, 0) is 37.1 Å². The second kappa shape index (κ2) is 8.17. The Kier molecular flexibility index (Phi) is 6.23. The molecule has 0 bridgehead atoms. The first kappa shape index (κ1) is 16.0. The number of carbonyl (C=O) groups excluding carboxylic acids is 2. The molecule has 0 unspecified atom stereocenters. The normalized spacial score (nSPS) is 15.4. The molecule has 2 rings (SSSR count). The molecule has 0 aliphatic carbocycles. The highest BCUT2D eigenvalue weighted by Crippen LogP contribution is 2.11. The number of carbonyl (C=O) groups is 2. The first-order valence-electron chi connectivity index (χ1n) is 7.48. The minimum absolute atomic E-state index is 0.133. The predicted octanol–water partition coefficient (Wildman–Crippen LogP) is 2.97.